The summed E-state index contributed by atoms with van der Waals surface area (Å²) in [5.74, 6) is 0.380. The Kier molecular flexibility index (Phi) is 4.66. The molecule has 2 aromatic heterocycles. The minimum atomic E-state index is -0.871. The van der Waals surface area contributed by atoms with E-state index in [1.54, 1.807) is 35.8 Å². The summed E-state index contributed by atoms with van der Waals surface area (Å²) in [6.07, 6.45) is 3.27. The number of amides is 1. The predicted molar refractivity (Wildman–Crippen MR) is 85.1 cm³/mol. The molecule has 24 heavy (non-hydrogen) atoms. The van der Waals surface area contributed by atoms with Crippen molar-refractivity contribution < 1.29 is 13.7 Å². The van der Waals surface area contributed by atoms with Crippen LogP contribution in [0.15, 0.2) is 23.0 Å². The van der Waals surface area contributed by atoms with Gasteiger partial charge in [-0.2, -0.15) is 5.10 Å². The van der Waals surface area contributed by atoms with Gasteiger partial charge in [-0.05, 0) is 13.3 Å². The van der Waals surface area contributed by atoms with Crippen molar-refractivity contribution in [2.24, 2.45) is 7.05 Å². The first-order valence-electron chi connectivity index (χ1n) is 7.97. The molecule has 0 bridgehead atoms. The number of hydrogen-bond donors (Lipinski definition) is 0. The summed E-state index contributed by atoms with van der Waals surface area (Å²) < 4.78 is 20.6. The maximum atomic E-state index is 13.9. The van der Waals surface area contributed by atoms with Gasteiger partial charge in [0.1, 0.15) is 11.9 Å². The first-order valence-corrected chi connectivity index (χ1v) is 7.97. The van der Waals surface area contributed by atoms with E-state index in [1.807, 2.05) is 13.2 Å². The van der Waals surface area contributed by atoms with E-state index in [0.29, 0.717) is 31.8 Å². The lowest BCUT2D eigenvalue weighted by Gasteiger charge is -2.27. The standard InChI is InChI=1S/C16H22FN5O2/c1-11-4-15(19-24-11)16(23)20(2)10-14-5-13(17)9-22(14)8-12-6-18-21(3)7-12/h4,6-7,13-14H,5,8-10H2,1-3H3/t13-,14-/m0/s1. The highest BCUT2D eigenvalue weighted by Crippen LogP contribution is 2.23. The van der Waals surface area contributed by atoms with Crippen molar-refractivity contribution in [3.05, 3.63) is 35.5 Å². The lowest BCUT2D eigenvalue weighted by molar-refractivity contribution is 0.0739. The van der Waals surface area contributed by atoms with Crippen molar-refractivity contribution in [1.29, 1.82) is 0 Å². The second-order valence-corrected chi connectivity index (χ2v) is 6.45. The van der Waals surface area contributed by atoms with Crippen LogP contribution in [0, 0.1) is 6.92 Å². The topological polar surface area (TPSA) is 67.4 Å². The third-order valence-corrected chi connectivity index (χ3v) is 4.30. The van der Waals surface area contributed by atoms with Gasteiger partial charge in [0, 0.05) is 57.6 Å². The molecule has 2 atom stereocenters. The van der Waals surface area contributed by atoms with E-state index in [-0.39, 0.29) is 17.6 Å². The van der Waals surface area contributed by atoms with Crippen LogP contribution in [0.5, 0.6) is 0 Å². The minimum Gasteiger partial charge on any atom is -0.361 e. The summed E-state index contributed by atoms with van der Waals surface area (Å²) >= 11 is 0. The summed E-state index contributed by atoms with van der Waals surface area (Å²) in [5.41, 5.74) is 1.32. The van der Waals surface area contributed by atoms with Gasteiger partial charge in [0.25, 0.3) is 5.91 Å². The molecule has 3 rings (SSSR count). The number of carbonyl (C=O) groups excluding carboxylic acids is 1. The third kappa shape index (κ3) is 3.64. The summed E-state index contributed by atoms with van der Waals surface area (Å²) in [5, 5.41) is 7.90. The minimum absolute atomic E-state index is 0.0258. The predicted octanol–water partition coefficient (Wildman–Crippen LogP) is 1.40. The van der Waals surface area contributed by atoms with Crippen LogP contribution in [0.3, 0.4) is 0 Å². The quantitative estimate of drug-likeness (QED) is 0.826. The van der Waals surface area contributed by atoms with Gasteiger partial charge in [-0.1, -0.05) is 5.16 Å². The van der Waals surface area contributed by atoms with Crippen molar-refractivity contribution in [2.75, 3.05) is 20.1 Å². The van der Waals surface area contributed by atoms with Crippen LogP contribution in [-0.2, 0) is 13.6 Å². The lowest BCUT2D eigenvalue weighted by atomic mass is 10.2. The number of likely N-dealkylation sites (N-methyl/N-ethyl adjacent to an activating group) is 1. The van der Waals surface area contributed by atoms with Gasteiger partial charge >= 0.3 is 0 Å². The molecule has 0 saturated carbocycles. The van der Waals surface area contributed by atoms with E-state index in [4.69, 9.17) is 4.52 Å². The molecular formula is C16H22FN5O2. The zero-order valence-corrected chi connectivity index (χ0v) is 14.1. The van der Waals surface area contributed by atoms with E-state index in [0.717, 1.165) is 5.56 Å². The molecule has 2 aromatic rings. The fraction of sp³-hybridized carbons (Fsp3) is 0.562. The van der Waals surface area contributed by atoms with Crippen LogP contribution in [0.2, 0.25) is 0 Å². The highest BCUT2D eigenvalue weighted by molar-refractivity contribution is 5.92. The summed E-state index contributed by atoms with van der Waals surface area (Å²) in [7, 11) is 3.56. The maximum absolute atomic E-state index is 13.9. The first-order chi connectivity index (χ1) is 11.4. The second kappa shape index (κ2) is 6.72. The van der Waals surface area contributed by atoms with Crippen LogP contribution >= 0.6 is 0 Å². The smallest absolute Gasteiger partial charge is 0.275 e. The number of nitrogens with zero attached hydrogens (tertiary/aromatic N) is 5. The van der Waals surface area contributed by atoms with Crippen molar-refractivity contribution >= 4 is 5.91 Å². The van der Waals surface area contributed by atoms with Gasteiger partial charge in [-0.25, -0.2) is 4.39 Å². The Hall–Kier alpha value is -2.22. The molecule has 8 heteroatoms. The molecular weight excluding hydrogens is 313 g/mol. The van der Waals surface area contributed by atoms with Gasteiger partial charge in [-0.15, -0.1) is 0 Å². The molecule has 0 N–H and O–H groups in total. The van der Waals surface area contributed by atoms with Gasteiger partial charge in [-0.3, -0.25) is 14.4 Å². The summed E-state index contributed by atoms with van der Waals surface area (Å²) in [4.78, 5) is 16.0. The molecule has 7 nitrogen and oxygen atoms in total. The highest BCUT2D eigenvalue weighted by atomic mass is 19.1. The zero-order chi connectivity index (χ0) is 17.3. The Morgan fingerprint density at radius 1 is 1.54 bits per heavy atom. The molecule has 1 fully saturated rings. The SMILES string of the molecule is Cc1cc(C(=O)N(C)C[C@@H]2C[C@H](F)CN2Cc2cnn(C)c2)no1. The Labute approximate surface area is 140 Å². The summed E-state index contributed by atoms with van der Waals surface area (Å²) in [6.45, 7) is 3.20. The number of aromatic nitrogens is 3. The zero-order valence-electron chi connectivity index (χ0n) is 14.1. The lowest BCUT2D eigenvalue weighted by Crippen LogP contribution is -2.41. The second-order valence-electron chi connectivity index (χ2n) is 6.45. The molecule has 1 aliphatic rings. The van der Waals surface area contributed by atoms with Crippen molar-refractivity contribution in [3.63, 3.8) is 0 Å². The van der Waals surface area contributed by atoms with Gasteiger partial charge in [0.05, 0.1) is 6.20 Å². The van der Waals surface area contributed by atoms with Crippen LogP contribution in [0.1, 0.15) is 28.2 Å². The molecule has 1 saturated heterocycles. The number of rotatable bonds is 5. The van der Waals surface area contributed by atoms with E-state index >= 15 is 0 Å². The Morgan fingerprint density at radius 3 is 2.96 bits per heavy atom. The molecule has 0 radical (unpaired) electrons. The van der Waals surface area contributed by atoms with E-state index in [2.05, 4.69) is 15.2 Å². The number of carbonyl (C=O) groups is 1. The van der Waals surface area contributed by atoms with E-state index in [1.165, 1.54) is 0 Å². The molecule has 1 aliphatic heterocycles. The Bertz CT molecular complexity index is 713. The first kappa shape index (κ1) is 16.6. The number of likely N-dealkylation sites (tertiary alicyclic amines) is 1. The monoisotopic (exact) mass is 335 g/mol. The molecule has 0 spiro atoms. The highest BCUT2D eigenvalue weighted by Gasteiger charge is 2.34. The fourth-order valence-electron chi connectivity index (χ4n) is 3.16. The van der Waals surface area contributed by atoms with Crippen molar-refractivity contribution in [1.82, 2.24) is 24.7 Å². The maximum Gasteiger partial charge on any atom is 0.275 e. The van der Waals surface area contributed by atoms with Crippen LogP contribution in [0.4, 0.5) is 4.39 Å². The van der Waals surface area contributed by atoms with Crippen molar-refractivity contribution in [2.45, 2.75) is 32.1 Å². The fourth-order valence-corrected chi connectivity index (χ4v) is 3.16. The molecule has 1 amide bonds. The number of aryl methyl sites for hydroxylation is 2. The molecule has 3 heterocycles. The van der Waals surface area contributed by atoms with E-state index in [9.17, 15) is 9.18 Å². The van der Waals surface area contributed by atoms with Crippen molar-refractivity contribution in [3.8, 4) is 0 Å². The largest absolute Gasteiger partial charge is 0.361 e. The van der Waals surface area contributed by atoms with Crippen LogP contribution in [0.25, 0.3) is 0 Å². The molecule has 0 unspecified atom stereocenters. The summed E-state index contributed by atoms with van der Waals surface area (Å²) in [6, 6.07) is 1.58. The molecule has 0 aliphatic carbocycles. The average molecular weight is 335 g/mol. The Morgan fingerprint density at radius 2 is 2.33 bits per heavy atom. The normalized spacial score (nSPS) is 21.3. The Balaban J connectivity index is 1.64. The molecule has 130 valence electrons. The van der Waals surface area contributed by atoms with E-state index < -0.39 is 6.17 Å². The number of halogens is 1. The molecule has 0 aromatic carbocycles. The van der Waals surface area contributed by atoms with Crippen LogP contribution < -0.4 is 0 Å². The van der Waals surface area contributed by atoms with Gasteiger partial charge < -0.3 is 9.42 Å². The average Bonchev–Trinajstić information content (AvgIpc) is 3.21. The van der Waals surface area contributed by atoms with Gasteiger partial charge in [0.15, 0.2) is 5.69 Å². The number of alkyl halides is 1. The third-order valence-electron chi connectivity index (χ3n) is 4.30. The van der Waals surface area contributed by atoms with Crippen LogP contribution in [-0.4, -0.2) is 63.0 Å². The number of hydrogen-bond acceptors (Lipinski definition) is 5. The van der Waals surface area contributed by atoms with Gasteiger partial charge in [0.2, 0.25) is 0 Å².